The number of hydrogen-bond acceptors (Lipinski definition) is 6. The topological polar surface area (TPSA) is 80.9 Å². The molecule has 1 aliphatic rings. The van der Waals surface area contributed by atoms with E-state index in [0.717, 1.165) is 5.56 Å². The molecule has 4 rings (SSSR count). The van der Waals surface area contributed by atoms with Gasteiger partial charge in [-0.25, -0.2) is 9.79 Å². The lowest BCUT2D eigenvalue weighted by molar-refractivity contribution is -0.139. The van der Waals surface area contributed by atoms with Gasteiger partial charge in [0.2, 0.25) is 0 Å². The van der Waals surface area contributed by atoms with Gasteiger partial charge in [0.05, 0.1) is 26.9 Å². The zero-order valence-corrected chi connectivity index (χ0v) is 20.3. The van der Waals surface area contributed by atoms with Crippen LogP contribution in [0.2, 0.25) is 5.02 Å². The van der Waals surface area contributed by atoms with Gasteiger partial charge in [0.25, 0.3) is 5.56 Å². The van der Waals surface area contributed by atoms with Crippen molar-refractivity contribution in [2.75, 3.05) is 6.61 Å². The van der Waals surface area contributed by atoms with Crippen molar-refractivity contribution in [3.05, 3.63) is 94.0 Å². The van der Waals surface area contributed by atoms with E-state index in [1.54, 1.807) is 56.3 Å². The summed E-state index contributed by atoms with van der Waals surface area (Å²) in [6.45, 7) is 3.65. The van der Waals surface area contributed by atoms with Gasteiger partial charge in [-0.1, -0.05) is 47.2 Å². The summed E-state index contributed by atoms with van der Waals surface area (Å²) in [5.74, 6) is -0.424. The minimum Gasteiger partial charge on any atom is -0.507 e. The predicted octanol–water partition coefficient (Wildman–Crippen LogP) is 3.92. The Hall–Kier alpha value is -2.68. The van der Waals surface area contributed by atoms with Crippen LogP contribution < -0.4 is 14.9 Å². The highest BCUT2D eigenvalue weighted by Crippen LogP contribution is 2.34. The summed E-state index contributed by atoms with van der Waals surface area (Å²) in [7, 11) is 0. The molecule has 2 heterocycles. The number of phenolic OH excluding ortho intramolecular Hbond substituents is 1. The zero-order valence-electron chi connectivity index (χ0n) is 17.1. The van der Waals surface area contributed by atoms with E-state index < -0.39 is 12.0 Å². The molecule has 32 heavy (non-hydrogen) atoms. The number of allylic oxidation sites excluding steroid dienone is 1. The summed E-state index contributed by atoms with van der Waals surface area (Å²) in [6.07, 6.45) is 1.72. The van der Waals surface area contributed by atoms with E-state index >= 15 is 0 Å². The molecule has 6 nitrogen and oxygen atoms in total. The standard InChI is InChI=1S/C23H18BrClN2O4S/c1-3-31-22(30)19-12(2)26-23-27(20(19)14-6-4-5-7-16(14)25)21(29)18(32-23)11-13-8-9-17(28)15(24)10-13/h4-11,20,28H,3H2,1-2H3/b18-11-/t20-/m1/s1. The van der Waals surface area contributed by atoms with Crippen molar-refractivity contribution in [2.45, 2.75) is 19.9 Å². The van der Waals surface area contributed by atoms with Gasteiger partial charge in [-0.15, -0.1) is 0 Å². The van der Waals surface area contributed by atoms with Crippen molar-refractivity contribution in [2.24, 2.45) is 4.99 Å². The number of esters is 1. The van der Waals surface area contributed by atoms with Gasteiger partial charge >= 0.3 is 5.97 Å². The molecule has 0 radical (unpaired) electrons. The van der Waals surface area contributed by atoms with E-state index in [1.165, 1.54) is 15.9 Å². The Morgan fingerprint density at radius 2 is 2.09 bits per heavy atom. The highest BCUT2D eigenvalue weighted by molar-refractivity contribution is 9.10. The lowest BCUT2D eigenvalue weighted by Gasteiger charge is -2.25. The molecule has 0 amide bonds. The summed E-state index contributed by atoms with van der Waals surface area (Å²) in [5, 5.41) is 10.2. The van der Waals surface area contributed by atoms with Crippen molar-refractivity contribution in [1.82, 2.24) is 4.57 Å². The maximum absolute atomic E-state index is 13.5. The van der Waals surface area contributed by atoms with Crippen molar-refractivity contribution in [1.29, 1.82) is 0 Å². The largest absolute Gasteiger partial charge is 0.507 e. The first-order chi connectivity index (χ1) is 15.3. The monoisotopic (exact) mass is 532 g/mol. The third-order valence-electron chi connectivity index (χ3n) is 4.99. The van der Waals surface area contributed by atoms with Gasteiger partial charge in [-0.05, 0) is 65.2 Å². The number of nitrogens with zero attached hydrogens (tertiary/aromatic N) is 2. The molecule has 164 valence electrons. The lowest BCUT2D eigenvalue weighted by Crippen LogP contribution is -2.40. The molecule has 1 aliphatic heterocycles. The summed E-state index contributed by atoms with van der Waals surface area (Å²) < 4.78 is 7.73. The molecule has 0 saturated heterocycles. The molecule has 1 atom stereocenters. The number of benzene rings is 2. The summed E-state index contributed by atoms with van der Waals surface area (Å²) in [5.41, 5.74) is 1.82. The van der Waals surface area contributed by atoms with Gasteiger partial charge in [0, 0.05) is 5.02 Å². The van der Waals surface area contributed by atoms with Crippen LogP contribution in [0.4, 0.5) is 0 Å². The maximum Gasteiger partial charge on any atom is 0.338 e. The molecule has 0 aliphatic carbocycles. The SMILES string of the molecule is CCOC(=O)C1=C(C)N=c2s/c(=C\c3ccc(O)c(Br)c3)c(=O)n2[C@@H]1c1ccccc1Cl. The van der Waals surface area contributed by atoms with Crippen LogP contribution in [0.3, 0.4) is 0 Å². The number of rotatable bonds is 4. The van der Waals surface area contributed by atoms with E-state index in [1.807, 2.05) is 6.07 Å². The molecule has 0 bridgehead atoms. The van der Waals surface area contributed by atoms with E-state index in [0.29, 0.717) is 30.1 Å². The van der Waals surface area contributed by atoms with Gasteiger partial charge in [0.15, 0.2) is 4.80 Å². The molecule has 2 aromatic carbocycles. The molecular formula is C23H18BrClN2O4S. The predicted molar refractivity (Wildman–Crippen MR) is 128 cm³/mol. The Balaban J connectivity index is 1.98. The van der Waals surface area contributed by atoms with Crippen LogP contribution in [0.1, 0.15) is 31.0 Å². The minimum atomic E-state index is -0.757. The number of phenols is 1. The Morgan fingerprint density at radius 1 is 1.34 bits per heavy atom. The summed E-state index contributed by atoms with van der Waals surface area (Å²) in [6, 6.07) is 11.3. The van der Waals surface area contributed by atoms with Crippen molar-refractivity contribution in [3.63, 3.8) is 0 Å². The number of aromatic hydroxyl groups is 1. The molecular weight excluding hydrogens is 516 g/mol. The number of halogens is 2. The van der Waals surface area contributed by atoms with Crippen molar-refractivity contribution >= 4 is 50.9 Å². The normalized spacial score (nSPS) is 16.0. The Bertz CT molecular complexity index is 1440. The van der Waals surface area contributed by atoms with Gasteiger partial charge < -0.3 is 9.84 Å². The second kappa shape index (κ2) is 9.05. The average molecular weight is 534 g/mol. The Labute approximate surface area is 200 Å². The first-order valence-electron chi connectivity index (χ1n) is 9.74. The first kappa shape index (κ1) is 22.5. The van der Waals surface area contributed by atoms with Crippen molar-refractivity contribution in [3.8, 4) is 5.75 Å². The number of thiazole rings is 1. The molecule has 0 saturated carbocycles. The second-order valence-electron chi connectivity index (χ2n) is 7.03. The van der Waals surface area contributed by atoms with Crippen LogP contribution in [0.5, 0.6) is 5.75 Å². The third kappa shape index (κ3) is 4.05. The van der Waals surface area contributed by atoms with Crippen LogP contribution in [-0.2, 0) is 9.53 Å². The summed E-state index contributed by atoms with van der Waals surface area (Å²) in [4.78, 5) is 31.4. The van der Waals surface area contributed by atoms with E-state index in [9.17, 15) is 14.7 Å². The summed E-state index contributed by atoms with van der Waals surface area (Å²) >= 11 is 11.0. The van der Waals surface area contributed by atoms with Crippen LogP contribution in [-0.4, -0.2) is 22.2 Å². The fraction of sp³-hybridized carbons (Fsp3) is 0.174. The van der Waals surface area contributed by atoms with Crippen molar-refractivity contribution < 1.29 is 14.6 Å². The smallest absolute Gasteiger partial charge is 0.338 e. The number of aromatic nitrogens is 1. The molecule has 1 N–H and O–H groups in total. The fourth-order valence-electron chi connectivity index (χ4n) is 3.55. The van der Waals surface area contributed by atoms with E-state index in [-0.39, 0.29) is 23.5 Å². The second-order valence-corrected chi connectivity index (χ2v) is 9.31. The molecule has 0 unspecified atom stereocenters. The van der Waals surface area contributed by atoms with E-state index in [2.05, 4.69) is 20.9 Å². The molecule has 0 fully saturated rings. The van der Waals surface area contributed by atoms with Gasteiger partial charge in [-0.2, -0.15) is 0 Å². The highest BCUT2D eigenvalue weighted by Gasteiger charge is 2.34. The number of fused-ring (bicyclic) bond motifs is 1. The molecule has 9 heteroatoms. The lowest BCUT2D eigenvalue weighted by atomic mass is 9.96. The molecule has 0 spiro atoms. The minimum absolute atomic E-state index is 0.108. The zero-order chi connectivity index (χ0) is 23.0. The van der Waals surface area contributed by atoms with Crippen LogP contribution in [0.15, 0.2) is 68.0 Å². The van der Waals surface area contributed by atoms with Gasteiger partial charge in [0.1, 0.15) is 11.8 Å². The quantitative estimate of drug-likeness (QED) is 0.516. The maximum atomic E-state index is 13.5. The van der Waals surface area contributed by atoms with Gasteiger partial charge in [-0.3, -0.25) is 9.36 Å². The number of carbonyl (C=O) groups is 1. The van der Waals surface area contributed by atoms with Crippen LogP contribution in [0, 0.1) is 0 Å². The molecule has 1 aromatic heterocycles. The van der Waals surface area contributed by atoms with Crippen LogP contribution >= 0.6 is 38.9 Å². The van der Waals surface area contributed by atoms with Crippen LogP contribution in [0.25, 0.3) is 6.08 Å². The average Bonchev–Trinajstić information content (AvgIpc) is 3.05. The number of ether oxygens (including phenoxy) is 1. The molecule has 3 aromatic rings. The third-order valence-corrected chi connectivity index (χ3v) is 6.95. The van der Waals surface area contributed by atoms with E-state index in [4.69, 9.17) is 16.3 Å². The Morgan fingerprint density at radius 3 is 2.78 bits per heavy atom. The highest BCUT2D eigenvalue weighted by atomic mass is 79.9. The number of hydrogen-bond donors (Lipinski definition) is 1. The first-order valence-corrected chi connectivity index (χ1v) is 11.7. The number of carbonyl (C=O) groups excluding carboxylic acids is 1. The Kier molecular flexibility index (Phi) is 6.37. The fourth-order valence-corrected chi connectivity index (χ4v) is 5.23.